The second-order valence-electron chi connectivity index (χ2n) is 4.11. The first-order chi connectivity index (χ1) is 9.92. The summed E-state index contributed by atoms with van der Waals surface area (Å²) < 4.78 is 41.5. The fraction of sp³-hybridized carbons (Fsp3) is 0.462. The third kappa shape index (κ3) is 7.81. The largest absolute Gasteiger partial charge is 0.405 e. The Morgan fingerprint density at radius 1 is 1.29 bits per heavy atom. The molecule has 1 amide bonds. The van der Waals surface area contributed by atoms with Crippen LogP contribution in [0.15, 0.2) is 24.3 Å². The van der Waals surface area contributed by atoms with Gasteiger partial charge < -0.3 is 15.4 Å². The molecular weight excluding hydrogens is 305 g/mol. The van der Waals surface area contributed by atoms with Gasteiger partial charge in [0.15, 0.2) is 0 Å². The summed E-state index contributed by atoms with van der Waals surface area (Å²) in [5.41, 5.74) is 0.573. The Bertz CT molecular complexity index is 455. The molecule has 0 aliphatic rings. The lowest BCUT2D eigenvalue weighted by molar-refractivity contribution is -0.115. The van der Waals surface area contributed by atoms with Crippen LogP contribution in [0.25, 0.3) is 0 Å². The second kappa shape index (κ2) is 8.78. The summed E-state index contributed by atoms with van der Waals surface area (Å²) in [5.74, 6) is 0.631. The average molecular weight is 322 g/mol. The molecule has 2 N–H and O–H groups in total. The minimum atomic E-state index is -4.31. The van der Waals surface area contributed by atoms with Gasteiger partial charge in [-0.2, -0.15) is 13.2 Å². The van der Waals surface area contributed by atoms with Crippen molar-refractivity contribution in [3.8, 4) is 0 Å². The maximum absolute atomic E-state index is 12.2. The Labute approximate surface area is 125 Å². The first-order valence-electron chi connectivity index (χ1n) is 6.18. The highest BCUT2D eigenvalue weighted by Gasteiger charge is 2.26. The molecule has 0 aromatic heterocycles. The van der Waals surface area contributed by atoms with Crippen molar-refractivity contribution < 1.29 is 22.7 Å². The molecule has 118 valence electrons. The number of halogens is 3. The molecule has 0 heterocycles. The van der Waals surface area contributed by atoms with Gasteiger partial charge in [0.2, 0.25) is 5.91 Å². The highest BCUT2D eigenvalue weighted by Crippen LogP contribution is 2.23. The molecular formula is C13H17F3N2O2S. The predicted molar refractivity (Wildman–Crippen MR) is 78.8 cm³/mol. The number of benzene rings is 1. The number of ether oxygens (including phenoxy) is 1. The smallest absolute Gasteiger partial charge is 0.384 e. The highest BCUT2D eigenvalue weighted by molar-refractivity contribution is 7.99. The fourth-order valence-electron chi connectivity index (χ4n) is 1.44. The number of anilines is 2. The van der Waals surface area contributed by atoms with E-state index < -0.39 is 12.7 Å². The zero-order valence-corrected chi connectivity index (χ0v) is 12.3. The maximum atomic E-state index is 12.2. The van der Waals surface area contributed by atoms with Crippen molar-refractivity contribution in [2.24, 2.45) is 0 Å². The fourth-order valence-corrected chi connectivity index (χ4v) is 2.12. The first kappa shape index (κ1) is 17.6. The van der Waals surface area contributed by atoms with Crippen LogP contribution in [0.3, 0.4) is 0 Å². The number of para-hydroxylation sites is 2. The van der Waals surface area contributed by atoms with Gasteiger partial charge in [-0.25, -0.2) is 0 Å². The van der Waals surface area contributed by atoms with Crippen LogP contribution in [0.4, 0.5) is 24.5 Å². The standard InChI is InChI=1S/C13H17F3N2O2S/c1-20-6-7-21-8-12(19)18-11-5-3-2-4-10(11)17-9-13(14,15)16/h2-5,17H,6-9H2,1H3,(H,18,19). The van der Waals surface area contributed by atoms with E-state index in [-0.39, 0.29) is 17.3 Å². The SMILES string of the molecule is COCCSCC(=O)Nc1ccccc1NCC(F)(F)F. The van der Waals surface area contributed by atoms with Crippen LogP contribution in [0.2, 0.25) is 0 Å². The van der Waals surface area contributed by atoms with Crippen LogP contribution in [-0.2, 0) is 9.53 Å². The molecule has 0 aliphatic carbocycles. The van der Waals surface area contributed by atoms with Crippen molar-refractivity contribution in [3.63, 3.8) is 0 Å². The molecule has 0 fully saturated rings. The summed E-state index contributed by atoms with van der Waals surface area (Å²) >= 11 is 1.39. The maximum Gasteiger partial charge on any atom is 0.405 e. The predicted octanol–water partition coefficient (Wildman–Crippen LogP) is 2.98. The number of hydrogen-bond donors (Lipinski definition) is 2. The van der Waals surface area contributed by atoms with Gasteiger partial charge in [0, 0.05) is 12.9 Å². The van der Waals surface area contributed by atoms with E-state index in [0.29, 0.717) is 18.0 Å². The number of hydrogen-bond acceptors (Lipinski definition) is 4. The van der Waals surface area contributed by atoms with E-state index in [4.69, 9.17) is 4.74 Å². The third-order valence-electron chi connectivity index (χ3n) is 2.35. The average Bonchev–Trinajstić information content (AvgIpc) is 2.42. The summed E-state index contributed by atoms with van der Waals surface area (Å²) in [6.45, 7) is -0.607. The van der Waals surface area contributed by atoms with E-state index >= 15 is 0 Å². The molecule has 8 heteroatoms. The lowest BCUT2D eigenvalue weighted by atomic mass is 10.2. The van der Waals surface area contributed by atoms with Crippen molar-refractivity contribution in [2.75, 3.05) is 42.4 Å². The normalized spacial score (nSPS) is 11.2. The molecule has 0 spiro atoms. The summed E-state index contributed by atoms with van der Waals surface area (Å²) in [6.07, 6.45) is -4.31. The quantitative estimate of drug-likeness (QED) is 0.723. The molecule has 21 heavy (non-hydrogen) atoms. The minimum Gasteiger partial charge on any atom is -0.384 e. The highest BCUT2D eigenvalue weighted by atomic mass is 32.2. The van der Waals surface area contributed by atoms with Gasteiger partial charge in [-0.1, -0.05) is 12.1 Å². The van der Waals surface area contributed by atoms with E-state index in [2.05, 4.69) is 10.6 Å². The van der Waals surface area contributed by atoms with Gasteiger partial charge in [-0.05, 0) is 12.1 Å². The molecule has 0 saturated heterocycles. The van der Waals surface area contributed by atoms with Gasteiger partial charge in [0.05, 0.1) is 23.7 Å². The van der Waals surface area contributed by atoms with Gasteiger partial charge in [-0.15, -0.1) is 11.8 Å². The first-order valence-corrected chi connectivity index (χ1v) is 7.34. The molecule has 4 nitrogen and oxygen atoms in total. The van der Waals surface area contributed by atoms with Gasteiger partial charge in [0.1, 0.15) is 6.54 Å². The van der Waals surface area contributed by atoms with Crippen LogP contribution in [-0.4, -0.2) is 43.9 Å². The number of alkyl halides is 3. The molecule has 1 aromatic carbocycles. The Balaban J connectivity index is 2.52. The summed E-state index contributed by atoms with van der Waals surface area (Å²) in [6, 6.07) is 6.28. The monoisotopic (exact) mass is 322 g/mol. The number of rotatable bonds is 8. The van der Waals surface area contributed by atoms with Crippen LogP contribution < -0.4 is 10.6 Å². The van der Waals surface area contributed by atoms with Crippen LogP contribution in [0.1, 0.15) is 0 Å². The number of carbonyl (C=O) groups excluding carboxylic acids is 1. The molecule has 1 aromatic rings. The number of methoxy groups -OCH3 is 1. The zero-order chi connectivity index (χ0) is 15.7. The van der Waals surface area contributed by atoms with Crippen molar-refractivity contribution in [1.29, 1.82) is 0 Å². The molecule has 0 saturated carbocycles. The number of nitrogens with one attached hydrogen (secondary N) is 2. The van der Waals surface area contributed by atoms with Crippen molar-refractivity contribution in [1.82, 2.24) is 0 Å². The topological polar surface area (TPSA) is 50.4 Å². The molecule has 0 aliphatic heterocycles. The van der Waals surface area contributed by atoms with E-state index in [9.17, 15) is 18.0 Å². The van der Waals surface area contributed by atoms with Crippen molar-refractivity contribution in [2.45, 2.75) is 6.18 Å². The lowest BCUT2D eigenvalue weighted by Gasteiger charge is -2.14. The Morgan fingerprint density at radius 2 is 1.95 bits per heavy atom. The van der Waals surface area contributed by atoms with Crippen molar-refractivity contribution in [3.05, 3.63) is 24.3 Å². The minimum absolute atomic E-state index is 0.219. The van der Waals surface area contributed by atoms with Gasteiger partial charge in [-0.3, -0.25) is 4.79 Å². The number of carbonyl (C=O) groups is 1. The number of thioether (sulfide) groups is 1. The van der Waals surface area contributed by atoms with E-state index in [0.717, 1.165) is 0 Å². The lowest BCUT2D eigenvalue weighted by Crippen LogP contribution is -2.22. The number of amides is 1. The molecule has 0 unspecified atom stereocenters. The van der Waals surface area contributed by atoms with Crippen molar-refractivity contribution >= 4 is 29.0 Å². The Morgan fingerprint density at radius 3 is 2.57 bits per heavy atom. The second-order valence-corrected chi connectivity index (χ2v) is 5.21. The van der Waals surface area contributed by atoms with E-state index in [1.54, 1.807) is 25.3 Å². The molecule has 1 rings (SSSR count). The summed E-state index contributed by atoms with van der Waals surface area (Å²) in [4.78, 5) is 11.7. The van der Waals surface area contributed by atoms with E-state index in [1.807, 2.05) is 0 Å². The van der Waals surface area contributed by atoms with Crippen LogP contribution in [0, 0.1) is 0 Å². The molecule has 0 radical (unpaired) electrons. The summed E-state index contributed by atoms with van der Waals surface area (Å²) in [5, 5.41) is 4.86. The van der Waals surface area contributed by atoms with E-state index in [1.165, 1.54) is 17.8 Å². The zero-order valence-electron chi connectivity index (χ0n) is 11.5. The Hall–Kier alpha value is -1.41. The summed E-state index contributed by atoms with van der Waals surface area (Å²) in [7, 11) is 1.57. The van der Waals surface area contributed by atoms with Gasteiger partial charge in [0.25, 0.3) is 0 Å². The third-order valence-corrected chi connectivity index (χ3v) is 3.27. The van der Waals surface area contributed by atoms with Gasteiger partial charge >= 0.3 is 6.18 Å². The molecule has 0 bridgehead atoms. The van der Waals surface area contributed by atoms with Crippen LogP contribution >= 0.6 is 11.8 Å². The van der Waals surface area contributed by atoms with Crippen LogP contribution in [0.5, 0.6) is 0 Å². The Kier molecular flexibility index (Phi) is 7.38. The molecule has 0 atom stereocenters.